The summed E-state index contributed by atoms with van der Waals surface area (Å²) in [5, 5.41) is 0.685. The van der Waals surface area contributed by atoms with Crippen molar-refractivity contribution >= 4 is 28.9 Å². The van der Waals surface area contributed by atoms with Crippen molar-refractivity contribution in [3.63, 3.8) is 0 Å². The molecule has 1 aliphatic heterocycles. The number of aryl methyl sites for hydroxylation is 1. The van der Waals surface area contributed by atoms with Crippen LogP contribution in [0.4, 0.5) is 4.39 Å². The van der Waals surface area contributed by atoms with Gasteiger partial charge in [-0.15, -0.1) is 0 Å². The number of likely N-dealkylation sites (N-methyl/N-ethyl adjacent to an activating group) is 1. The molecule has 0 N–H and O–H groups in total. The van der Waals surface area contributed by atoms with Crippen LogP contribution < -0.4 is 0 Å². The van der Waals surface area contributed by atoms with E-state index in [4.69, 9.17) is 0 Å². The van der Waals surface area contributed by atoms with Gasteiger partial charge < -0.3 is 4.57 Å². The lowest BCUT2D eigenvalue weighted by atomic mass is 10.2. The van der Waals surface area contributed by atoms with Crippen LogP contribution in [0.5, 0.6) is 0 Å². The highest BCUT2D eigenvalue weighted by Crippen LogP contribution is 2.33. The van der Waals surface area contributed by atoms with Crippen molar-refractivity contribution in [2.75, 3.05) is 14.1 Å². The van der Waals surface area contributed by atoms with Crippen molar-refractivity contribution < 1.29 is 9.18 Å². The van der Waals surface area contributed by atoms with Gasteiger partial charge in [0.1, 0.15) is 5.82 Å². The first-order valence-corrected chi connectivity index (χ1v) is 8.33. The van der Waals surface area contributed by atoms with Crippen molar-refractivity contribution in [2.45, 2.75) is 13.8 Å². The molecule has 0 radical (unpaired) electrons. The quantitative estimate of drug-likeness (QED) is 0.779. The fraction of sp³-hybridized carbons (Fsp3) is 0.222. The van der Waals surface area contributed by atoms with Crippen molar-refractivity contribution in [1.82, 2.24) is 9.47 Å². The highest BCUT2D eigenvalue weighted by Gasteiger charge is 2.30. The number of amidine groups is 1. The van der Waals surface area contributed by atoms with Gasteiger partial charge in [-0.05, 0) is 61.5 Å². The summed E-state index contributed by atoms with van der Waals surface area (Å²) < 4.78 is 15.5. The van der Waals surface area contributed by atoms with Crippen LogP contribution in [-0.4, -0.2) is 34.6 Å². The second-order valence-electron chi connectivity index (χ2n) is 5.62. The minimum absolute atomic E-state index is 0.0591. The molecule has 1 fully saturated rings. The highest BCUT2D eigenvalue weighted by atomic mass is 32.2. The maximum atomic E-state index is 13.5. The second kappa shape index (κ2) is 6.28. The number of thioether (sulfide) groups is 1. The van der Waals surface area contributed by atoms with Crippen molar-refractivity contribution in [1.29, 1.82) is 0 Å². The SMILES string of the molecule is CN=C1S/C(=C/c2cc(C)n(-c3cccc(F)c3)c2C)C(=O)N1C. The third-order valence-electron chi connectivity index (χ3n) is 4.02. The molecule has 4 nitrogen and oxygen atoms in total. The predicted molar refractivity (Wildman–Crippen MR) is 96.9 cm³/mol. The van der Waals surface area contributed by atoms with Crippen LogP contribution in [0, 0.1) is 19.7 Å². The Hall–Kier alpha value is -2.34. The van der Waals surface area contributed by atoms with E-state index in [1.165, 1.54) is 23.9 Å². The second-order valence-corrected chi connectivity index (χ2v) is 6.63. The standard InChI is InChI=1S/C18H18FN3OS/c1-11-8-13(9-16-17(23)21(4)18(20-3)24-16)12(2)22(11)15-7-5-6-14(19)10-15/h5-10H,1-4H3/b16-9+,20-18?. The first kappa shape index (κ1) is 16.5. The van der Waals surface area contributed by atoms with E-state index in [1.54, 1.807) is 25.1 Å². The zero-order valence-electron chi connectivity index (χ0n) is 14.0. The molecule has 124 valence electrons. The van der Waals surface area contributed by atoms with E-state index in [0.717, 1.165) is 22.6 Å². The Balaban J connectivity index is 2.05. The fourth-order valence-corrected chi connectivity index (χ4v) is 3.75. The van der Waals surface area contributed by atoms with Gasteiger partial charge in [0.2, 0.25) is 0 Å². The first-order valence-electron chi connectivity index (χ1n) is 7.51. The summed E-state index contributed by atoms with van der Waals surface area (Å²) in [5.74, 6) is -0.331. The number of aromatic nitrogens is 1. The van der Waals surface area contributed by atoms with Crippen molar-refractivity contribution in [3.8, 4) is 5.69 Å². The van der Waals surface area contributed by atoms with Gasteiger partial charge in [0.05, 0.1) is 4.91 Å². The molecule has 2 aromatic rings. The molecule has 2 heterocycles. The number of hydrogen-bond acceptors (Lipinski definition) is 3. The molecule has 1 saturated heterocycles. The predicted octanol–water partition coefficient (Wildman–Crippen LogP) is 3.77. The van der Waals surface area contributed by atoms with Crippen molar-refractivity contribution in [3.05, 3.63) is 58.0 Å². The average molecular weight is 343 g/mol. The molecule has 0 aliphatic carbocycles. The Morgan fingerprint density at radius 2 is 2.00 bits per heavy atom. The molecular weight excluding hydrogens is 325 g/mol. The first-order chi connectivity index (χ1) is 11.4. The molecule has 24 heavy (non-hydrogen) atoms. The number of benzene rings is 1. The molecule has 1 aliphatic rings. The molecule has 3 rings (SSSR count). The number of aliphatic imine (C=N–C) groups is 1. The third-order valence-corrected chi connectivity index (χ3v) is 5.17. The lowest BCUT2D eigenvalue weighted by Gasteiger charge is -2.09. The lowest BCUT2D eigenvalue weighted by Crippen LogP contribution is -2.23. The Labute approximate surface area is 144 Å². The van der Waals surface area contributed by atoms with Gasteiger partial charge in [0, 0.05) is 31.2 Å². The Kier molecular flexibility index (Phi) is 4.32. The van der Waals surface area contributed by atoms with Gasteiger partial charge >= 0.3 is 0 Å². The lowest BCUT2D eigenvalue weighted by molar-refractivity contribution is -0.121. The summed E-state index contributed by atoms with van der Waals surface area (Å²) >= 11 is 1.36. The van der Waals surface area contributed by atoms with E-state index in [0.29, 0.717) is 10.1 Å². The van der Waals surface area contributed by atoms with E-state index >= 15 is 0 Å². The van der Waals surface area contributed by atoms with Crippen LogP contribution >= 0.6 is 11.8 Å². The minimum atomic E-state index is -0.271. The van der Waals surface area contributed by atoms with E-state index in [1.807, 2.05) is 36.6 Å². The van der Waals surface area contributed by atoms with E-state index in [2.05, 4.69) is 4.99 Å². The topological polar surface area (TPSA) is 37.6 Å². The Morgan fingerprint density at radius 3 is 2.62 bits per heavy atom. The van der Waals surface area contributed by atoms with E-state index in [-0.39, 0.29) is 11.7 Å². The van der Waals surface area contributed by atoms with Crippen LogP contribution in [-0.2, 0) is 4.79 Å². The van der Waals surface area contributed by atoms with Crippen LogP contribution in [0.25, 0.3) is 11.8 Å². The average Bonchev–Trinajstić information content (AvgIpc) is 2.98. The van der Waals surface area contributed by atoms with Gasteiger partial charge in [0.25, 0.3) is 5.91 Å². The summed E-state index contributed by atoms with van der Waals surface area (Å²) in [7, 11) is 3.39. The van der Waals surface area contributed by atoms with Gasteiger partial charge in [-0.3, -0.25) is 14.7 Å². The van der Waals surface area contributed by atoms with E-state index in [9.17, 15) is 9.18 Å². The van der Waals surface area contributed by atoms with Gasteiger partial charge in [0.15, 0.2) is 5.17 Å². The van der Waals surface area contributed by atoms with Crippen molar-refractivity contribution in [2.24, 2.45) is 4.99 Å². The van der Waals surface area contributed by atoms with E-state index < -0.39 is 0 Å². The van der Waals surface area contributed by atoms with Gasteiger partial charge in [-0.2, -0.15) is 0 Å². The molecule has 0 saturated carbocycles. The molecule has 6 heteroatoms. The van der Waals surface area contributed by atoms with Gasteiger partial charge in [-0.25, -0.2) is 4.39 Å². The molecule has 1 aromatic heterocycles. The summed E-state index contributed by atoms with van der Waals surface area (Å²) in [6.45, 7) is 3.93. The largest absolute Gasteiger partial charge is 0.318 e. The number of amides is 1. The zero-order valence-corrected chi connectivity index (χ0v) is 14.8. The smallest absolute Gasteiger partial charge is 0.266 e. The maximum absolute atomic E-state index is 13.5. The van der Waals surface area contributed by atoms with Crippen LogP contribution in [0.1, 0.15) is 17.0 Å². The number of rotatable bonds is 2. The van der Waals surface area contributed by atoms with Crippen LogP contribution in [0.2, 0.25) is 0 Å². The summed E-state index contributed by atoms with van der Waals surface area (Å²) in [4.78, 5) is 18.6. The van der Waals surface area contributed by atoms with Crippen LogP contribution in [0.15, 0.2) is 40.2 Å². The monoisotopic (exact) mass is 343 g/mol. The minimum Gasteiger partial charge on any atom is -0.318 e. The molecule has 0 spiro atoms. The molecule has 0 atom stereocenters. The molecular formula is C18H18FN3OS. The zero-order chi connectivity index (χ0) is 17.4. The van der Waals surface area contributed by atoms with Gasteiger partial charge in [-0.1, -0.05) is 6.07 Å². The summed E-state index contributed by atoms with van der Waals surface area (Å²) in [6.07, 6.45) is 1.87. The highest BCUT2D eigenvalue weighted by molar-refractivity contribution is 8.18. The Bertz CT molecular complexity index is 882. The summed E-state index contributed by atoms with van der Waals surface area (Å²) in [5.41, 5.74) is 3.66. The Morgan fingerprint density at radius 1 is 1.25 bits per heavy atom. The fourth-order valence-electron chi connectivity index (χ4n) is 2.84. The number of carbonyl (C=O) groups is 1. The molecule has 0 bridgehead atoms. The molecule has 1 aromatic carbocycles. The number of carbonyl (C=O) groups excluding carboxylic acids is 1. The third kappa shape index (κ3) is 2.78. The molecule has 1 amide bonds. The van der Waals surface area contributed by atoms with Crippen LogP contribution in [0.3, 0.4) is 0 Å². The maximum Gasteiger partial charge on any atom is 0.266 e. The number of halogens is 1. The number of nitrogens with zero attached hydrogens (tertiary/aromatic N) is 3. The normalized spacial score (nSPS) is 18.2. The summed E-state index contributed by atoms with van der Waals surface area (Å²) in [6, 6.07) is 8.49. The molecule has 0 unspecified atom stereocenters. The number of hydrogen-bond donors (Lipinski definition) is 0.